The molecule has 0 bridgehead atoms. The van der Waals surface area contributed by atoms with Crippen LogP contribution in [0.5, 0.6) is 0 Å². The number of aromatic nitrogens is 2. The third-order valence-corrected chi connectivity index (χ3v) is 2.24. The Morgan fingerprint density at radius 3 is 2.73 bits per heavy atom. The molecule has 1 heterocycles. The van der Waals surface area contributed by atoms with Gasteiger partial charge in [0.25, 0.3) is 0 Å². The Kier molecular flexibility index (Phi) is 2.64. The summed E-state index contributed by atoms with van der Waals surface area (Å²) in [6.07, 6.45) is 0. The number of nitrogens with zero attached hydrogens (tertiary/aromatic N) is 2. The zero-order chi connectivity index (χ0) is 8.43. The van der Waals surface area contributed by atoms with Gasteiger partial charge in [0.1, 0.15) is 0 Å². The van der Waals surface area contributed by atoms with Gasteiger partial charge in [0.2, 0.25) is 5.28 Å². The number of anilines is 1. The summed E-state index contributed by atoms with van der Waals surface area (Å²) in [7, 11) is 0. The van der Waals surface area contributed by atoms with Gasteiger partial charge in [0.05, 0.1) is 10.2 Å². The van der Waals surface area contributed by atoms with E-state index >= 15 is 0 Å². The van der Waals surface area contributed by atoms with Gasteiger partial charge in [-0.1, -0.05) is 0 Å². The van der Waals surface area contributed by atoms with Crippen molar-refractivity contribution in [2.45, 2.75) is 6.92 Å². The van der Waals surface area contributed by atoms with Crippen molar-refractivity contribution >= 4 is 33.3 Å². The number of nitrogens with two attached hydrogens (primary N) is 1. The number of nitrogens with one attached hydrogen (secondary N) is 1. The lowest BCUT2D eigenvalue weighted by molar-refractivity contribution is 1.07. The molecule has 1 aromatic rings. The molecule has 0 unspecified atom stereocenters. The Hall–Kier alpha value is -0.390. The highest BCUT2D eigenvalue weighted by molar-refractivity contribution is 9.10. The van der Waals surface area contributed by atoms with E-state index in [1.54, 1.807) is 6.92 Å². The molecule has 0 radical (unpaired) electrons. The van der Waals surface area contributed by atoms with E-state index in [1.807, 2.05) is 0 Å². The zero-order valence-corrected chi connectivity index (χ0v) is 8.07. The van der Waals surface area contributed by atoms with E-state index in [0.29, 0.717) is 5.82 Å². The van der Waals surface area contributed by atoms with E-state index in [1.165, 1.54) is 0 Å². The summed E-state index contributed by atoms with van der Waals surface area (Å²) < 4.78 is 0.726. The van der Waals surface area contributed by atoms with Crippen molar-refractivity contribution in [2.75, 3.05) is 5.43 Å². The van der Waals surface area contributed by atoms with Gasteiger partial charge in [0, 0.05) is 0 Å². The Bertz CT molecular complexity index is 277. The molecule has 0 aliphatic carbocycles. The number of hydrogen-bond acceptors (Lipinski definition) is 4. The maximum Gasteiger partial charge on any atom is 0.224 e. The van der Waals surface area contributed by atoms with Crippen LogP contribution in [0, 0.1) is 6.92 Å². The molecule has 0 atom stereocenters. The highest BCUT2D eigenvalue weighted by Gasteiger charge is 2.05. The lowest BCUT2D eigenvalue weighted by Crippen LogP contribution is -2.10. The van der Waals surface area contributed by atoms with Crippen molar-refractivity contribution in [3.8, 4) is 0 Å². The fourth-order valence-corrected chi connectivity index (χ4v) is 1.12. The summed E-state index contributed by atoms with van der Waals surface area (Å²) in [5, 5.41) is 0.179. The Labute approximate surface area is 77.3 Å². The van der Waals surface area contributed by atoms with Crippen LogP contribution in [-0.2, 0) is 0 Å². The minimum absolute atomic E-state index is 0.179. The Morgan fingerprint density at radius 1 is 1.55 bits per heavy atom. The van der Waals surface area contributed by atoms with Gasteiger partial charge >= 0.3 is 0 Å². The van der Waals surface area contributed by atoms with Crippen LogP contribution < -0.4 is 11.3 Å². The standard InChI is InChI=1S/C5H6BrClN4/c1-2-3(6)4(11-8)10-5(7)9-2/h8H2,1H3,(H,9,10,11). The number of hydrazine groups is 1. The largest absolute Gasteiger partial charge is 0.307 e. The quantitative estimate of drug-likeness (QED) is 0.441. The van der Waals surface area contributed by atoms with Gasteiger partial charge in [-0.3, -0.25) is 0 Å². The normalized spacial score (nSPS) is 9.82. The number of aryl methyl sites for hydroxylation is 1. The summed E-state index contributed by atoms with van der Waals surface area (Å²) in [5.74, 6) is 5.65. The molecule has 60 valence electrons. The van der Waals surface area contributed by atoms with Gasteiger partial charge in [0.15, 0.2) is 5.82 Å². The summed E-state index contributed by atoms with van der Waals surface area (Å²) >= 11 is 8.81. The molecule has 1 rings (SSSR count). The molecule has 0 aliphatic rings. The fourth-order valence-electron chi connectivity index (χ4n) is 0.621. The van der Waals surface area contributed by atoms with E-state index in [2.05, 4.69) is 31.3 Å². The van der Waals surface area contributed by atoms with Crippen LogP contribution >= 0.6 is 27.5 Å². The predicted molar refractivity (Wildman–Crippen MR) is 47.3 cm³/mol. The first-order valence-corrected chi connectivity index (χ1v) is 3.98. The monoisotopic (exact) mass is 236 g/mol. The molecule has 0 amide bonds. The van der Waals surface area contributed by atoms with Gasteiger partial charge in [-0.2, -0.15) is 4.98 Å². The van der Waals surface area contributed by atoms with Crippen molar-refractivity contribution in [1.82, 2.24) is 9.97 Å². The highest BCUT2D eigenvalue weighted by Crippen LogP contribution is 2.23. The van der Waals surface area contributed by atoms with Crippen molar-refractivity contribution in [3.63, 3.8) is 0 Å². The summed E-state index contributed by atoms with van der Waals surface area (Å²) in [6, 6.07) is 0. The molecule has 0 aromatic carbocycles. The molecule has 11 heavy (non-hydrogen) atoms. The lowest BCUT2D eigenvalue weighted by Gasteiger charge is -2.03. The average molecular weight is 237 g/mol. The summed E-state index contributed by atoms with van der Waals surface area (Å²) in [4.78, 5) is 7.72. The zero-order valence-electron chi connectivity index (χ0n) is 5.73. The number of hydrogen-bond donors (Lipinski definition) is 2. The maximum absolute atomic E-state index is 5.56. The van der Waals surface area contributed by atoms with Crippen LogP contribution in [0.4, 0.5) is 5.82 Å². The van der Waals surface area contributed by atoms with Gasteiger partial charge in [-0.05, 0) is 34.5 Å². The maximum atomic E-state index is 5.56. The average Bonchev–Trinajstić information content (AvgIpc) is 1.96. The van der Waals surface area contributed by atoms with Crippen LogP contribution in [0.3, 0.4) is 0 Å². The molecule has 3 N–H and O–H groups in total. The van der Waals surface area contributed by atoms with Crippen molar-refractivity contribution in [1.29, 1.82) is 0 Å². The Balaban J connectivity index is 3.24. The molecular formula is C5H6BrClN4. The molecule has 0 saturated carbocycles. The van der Waals surface area contributed by atoms with Crippen molar-refractivity contribution < 1.29 is 0 Å². The molecular weight excluding hydrogens is 231 g/mol. The van der Waals surface area contributed by atoms with Crippen LogP contribution in [0.1, 0.15) is 5.69 Å². The van der Waals surface area contributed by atoms with E-state index in [9.17, 15) is 0 Å². The second-order valence-corrected chi connectivity index (χ2v) is 3.02. The van der Waals surface area contributed by atoms with Gasteiger partial charge in [-0.25, -0.2) is 10.8 Å². The number of nitrogen functional groups attached to an aromatic ring is 1. The van der Waals surface area contributed by atoms with Crippen LogP contribution in [0.2, 0.25) is 5.28 Å². The van der Waals surface area contributed by atoms with Crippen molar-refractivity contribution in [2.24, 2.45) is 5.84 Å². The molecule has 6 heteroatoms. The molecule has 0 spiro atoms. The van der Waals surface area contributed by atoms with E-state index < -0.39 is 0 Å². The molecule has 1 aromatic heterocycles. The minimum atomic E-state index is 0.179. The number of halogens is 2. The smallest absolute Gasteiger partial charge is 0.224 e. The van der Waals surface area contributed by atoms with E-state index in [-0.39, 0.29) is 5.28 Å². The third kappa shape index (κ3) is 1.79. The predicted octanol–water partition coefficient (Wildman–Crippen LogP) is 1.49. The lowest BCUT2D eigenvalue weighted by atomic mass is 10.4. The fraction of sp³-hybridized carbons (Fsp3) is 0.200. The molecule has 0 saturated heterocycles. The summed E-state index contributed by atoms with van der Waals surface area (Å²) in [6.45, 7) is 1.80. The van der Waals surface area contributed by atoms with Crippen LogP contribution in [-0.4, -0.2) is 9.97 Å². The highest BCUT2D eigenvalue weighted by atomic mass is 79.9. The van der Waals surface area contributed by atoms with E-state index in [4.69, 9.17) is 17.4 Å². The van der Waals surface area contributed by atoms with E-state index in [0.717, 1.165) is 10.2 Å². The van der Waals surface area contributed by atoms with Gasteiger partial charge in [-0.15, -0.1) is 0 Å². The van der Waals surface area contributed by atoms with Crippen molar-refractivity contribution in [3.05, 3.63) is 15.5 Å². The second-order valence-electron chi connectivity index (χ2n) is 1.88. The molecule has 0 aliphatic heterocycles. The summed E-state index contributed by atoms with van der Waals surface area (Å²) in [5.41, 5.74) is 3.14. The molecule has 0 fully saturated rings. The Morgan fingerprint density at radius 2 is 2.18 bits per heavy atom. The first-order chi connectivity index (χ1) is 5.15. The topological polar surface area (TPSA) is 63.8 Å². The third-order valence-electron chi connectivity index (χ3n) is 1.13. The van der Waals surface area contributed by atoms with Gasteiger partial charge < -0.3 is 5.43 Å². The van der Waals surface area contributed by atoms with Crippen LogP contribution in [0.15, 0.2) is 4.47 Å². The first kappa shape index (κ1) is 8.70. The minimum Gasteiger partial charge on any atom is -0.307 e. The van der Waals surface area contributed by atoms with Crippen LogP contribution in [0.25, 0.3) is 0 Å². The number of rotatable bonds is 1. The molecule has 4 nitrogen and oxygen atoms in total. The SMILES string of the molecule is Cc1nc(Cl)nc(NN)c1Br. The second kappa shape index (κ2) is 3.34. The first-order valence-electron chi connectivity index (χ1n) is 2.81.